The lowest BCUT2D eigenvalue weighted by Gasteiger charge is -2.11. The van der Waals surface area contributed by atoms with Gasteiger partial charge >= 0.3 is 0 Å². The second-order valence-electron chi connectivity index (χ2n) is 6.46. The predicted molar refractivity (Wildman–Crippen MR) is 114 cm³/mol. The standard InChI is InChI=1S/C21H17ClN4O2S/c1-15-2-8-19(9-3-15)29(27,28)25-21-14-20(16-10-12-23-13-11-16)24-26(21)18-6-4-17(22)5-7-18/h2-14,25H,1H3. The monoisotopic (exact) mass is 424 g/mol. The summed E-state index contributed by atoms with van der Waals surface area (Å²) < 4.78 is 30.0. The van der Waals surface area contributed by atoms with Gasteiger partial charge < -0.3 is 0 Å². The van der Waals surface area contributed by atoms with Crippen molar-refractivity contribution in [2.75, 3.05) is 4.72 Å². The fraction of sp³-hybridized carbons (Fsp3) is 0.0476. The predicted octanol–water partition coefficient (Wildman–Crippen LogP) is 4.70. The molecule has 0 bridgehead atoms. The van der Waals surface area contributed by atoms with Crippen LogP contribution in [0.4, 0.5) is 5.82 Å². The highest BCUT2D eigenvalue weighted by Gasteiger charge is 2.19. The van der Waals surface area contributed by atoms with E-state index in [-0.39, 0.29) is 4.90 Å². The summed E-state index contributed by atoms with van der Waals surface area (Å²) in [5, 5.41) is 5.17. The van der Waals surface area contributed by atoms with Gasteiger partial charge in [-0.15, -0.1) is 0 Å². The molecular formula is C21H17ClN4O2S. The zero-order chi connectivity index (χ0) is 20.4. The van der Waals surface area contributed by atoms with E-state index in [1.807, 2.05) is 19.1 Å². The van der Waals surface area contributed by atoms with Gasteiger partial charge in [-0.3, -0.25) is 9.71 Å². The van der Waals surface area contributed by atoms with Crippen LogP contribution in [0.1, 0.15) is 5.56 Å². The van der Waals surface area contributed by atoms with Crippen molar-refractivity contribution in [1.29, 1.82) is 0 Å². The van der Waals surface area contributed by atoms with Crippen LogP contribution in [0.2, 0.25) is 5.02 Å². The molecule has 2 aromatic heterocycles. The first kappa shape index (κ1) is 19.2. The lowest BCUT2D eigenvalue weighted by Crippen LogP contribution is -2.15. The average molecular weight is 425 g/mol. The van der Waals surface area contributed by atoms with Crippen LogP contribution >= 0.6 is 11.6 Å². The van der Waals surface area contributed by atoms with Crippen LogP contribution < -0.4 is 4.72 Å². The molecule has 0 fully saturated rings. The molecule has 0 aliphatic heterocycles. The largest absolute Gasteiger partial charge is 0.265 e. The van der Waals surface area contributed by atoms with E-state index in [2.05, 4.69) is 14.8 Å². The van der Waals surface area contributed by atoms with E-state index >= 15 is 0 Å². The third-order valence-corrected chi connectivity index (χ3v) is 5.95. The van der Waals surface area contributed by atoms with Crippen LogP contribution in [0.25, 0.3) is 16.9 Å². The fourth-order valence-corrected chi connectivity index (χ4v) is 3.97. The Bertz CT molecular complexity index is 1240. The summed E-state index contributed by atoms with van der Waals surface area (Å²) in [4.78, 5) is 4.19. The van der Waals surface area contributed by atoms with Crippen molar-refractivity contribution in [3.63, 3.8) is 0 Å². The molecule has 1 N–H and O–H groups in total. The van der Waals surface area contributed by atoms with E-state index in [0.717, 1.165) is 11.1 Å². The van der Waals surface area contributed by atoms with Crippen molar-refractivity contribution < 1.29 is 8.42 Å². The maximum atomic E-state index is 12.9. The van der Waals surface area contributed by atoms with Crippen molar-refractivity contribution >= 4 is 27.4 Å². The molecule has 2 aromatic carbocycles. The number of sulfonamides is 1. The number of pyridine rings is 1. The molecule has 0 aliphatic rings. The number of nitrogens with one attached hydrogen (secondary N) is 1. The summed E-state index contributed by atoms with van der Waals surface area (Å²) >= 11 is 5.99. The first-order valence-electron chi connectivity index (χ1n) is 8.78. The molecule has 0 atom stereocenters. The van der Waals surface area contributed by atoms with E-state index in [1.54, 1.807) is 67.0 Å². The SMILES string of the molecule is Cc1ccc(S(=O)(=O)Nc2cc(-c3ccncc3)nn2-c2ccc(Cl)cc2)cc1. The summed E-state index contributed by atoms with van der Waals surface area (Å²) in [7, 11) is -3.79. The minimum absolute atomic E-state index is 0.178. The number of hydrogen-bond acceptors (Lipinski definition) is 4. The highest BCUT2D eigenvalue weighted by Crippen LogP contribution is 2.27. The van der Waals surface area contributed by atoms with Gasteiger partial charge in [-0.1, -0.05) is 29.3 Å². The third-order valence-electron chi connectivity index (χ3n) is 4.33. The van der Waals surface area contributed by atoms with Crippen LogP contribution in [-0.2, 0) is 10.0 Å². The Labute approximate surface area is 173 Å². The van der Waals surface area contributed by atoms with Gasteiger partial charge in [0.2, 0.25) is 0 Å². The van der Waals surface area contributed by atoms with Crippen LogP contribution in [-0.4, -0.2) is 23.2 Å². The Morgan fingerprint density at radius 3 is 2.24 bits per heavy atom. The second kappa shape index (κ2) is 7.69. The zero-order valence-corrected chi connectivity index (χ0v) is 17.0. The van der Waals surface area contributed by atoms with Crippen molar-refractivity contribution in [2.24, 2.45) is 0 Å². The van der Waals surface area contributed by atoms with Gasteiger partial charge in [0.15, 0.2) is 0 Å². The summed E-state index contributed by atoms with van der Waals surface area (Å²) in [5.41, 5.74) is 3.10. The highest BCUT2D eigenvalue weighted by molar-refractivity contribution is 7.92. The molecule has 0 amide bonds. The molecular weight excluding hydrogens is 408 g/mol. The van der Waals surface area contributed by atoms with E-state index in [1.165, 1.54) is 4.68 Å². The van der Waals surface area contributed by atoms with Gasteiger partial charge in [0.05, 0.1) is 16.3 Å². The maximum absolute atomic E-state index is 12.9. The van der Waals surface area contributed by atoms with Crippen molar-refractivity contribution in [3.05, 3.63) is 89.7 Å². The van der Waals surface area contributed by atoms with Gasteiger partial charge in [0, 0.05) is 29.0 Å². The molecule has 0 unspecified atom stereocenters. The molecule has 0 aliphatic carbocycles. The third kappa shape index (κ3) is 4.16. The summed E-state index contributed by atoms with van der Waals surface area (Å²) in [6.45, 7) is 1.90. The first-order valence-corrected chi connectivity index (χ1v) is 10.6. The van der Waals surface area contributed by atoms with E-state index in [0.29, 0.717) is 22.2 Å². The molecule has 4 rings (SSSR count). The number of halogens is 1. The Morgan fingerprint density at radius 2 is 1.59 bits per heavy atom. The van der Waals surface area contributed by atoms with Gasteiger partial charge in [-0.2, -0.15) is 5.10 Å². The number of aryl methyl sites for hydroxylation is 1. The molecule has 6 nitrogen and oxygen atoms in total. The van der Waals surface area contributed by atoms with Crippen molar-refractivity contribution in [3.8, 4) is 16.9 Å². The molecule has 0 saturated heterocycles. The molecule has 0 spiro atoms. The first-order chi connectivity index (χ1) is 13.9. The van der Waals surface area contributed by atoms with Crippen LogP contribution in [0.15, 0.2) is 84.0 Å². The molecule has 29 heavy (non-hydrogen) atoms. The molecule has 8 heteroatoms. The van der Waals surface area contributed by atoms with Gasteiger partial charge in [0.1, 0.15) is 5.82 Å². The number of nitrogens with zero attached hydrogens (tertiary/aromatic N) is 3. The number of anilines is 1. The number of rotatable bonds is 5. The van der Waals surface area contributed by atoms with Gasteiger partial charge in [-0.25, -0.2) is 13.1 Å². The quantitative estimate of drug-likeness (QED) is 0.504. The average Bonchev–Trinajstić information content (AvgIpc) is 3.12. The molecule has 146 valence electrons. The van der Waals surface area contributed by atoms with Gasteiger partial charge in [0.25, 0.3) is 10.0 Å². The zero-order valence-electron chi connectivity index (χ0n) is 15.4. The molecule has 0 radical (unpaired) electrons. The minimum atomic E-state index is -3.79. The Kier molecular flexibility index (Phi) is 5.08. The molecule has 0 saturated carbocycles. The van der Waals surface area contributed by atoms with E-state index in [4.69, 9.17) is 11.6 Å². The molecule has 4 aromatic rings. The second-order valence-corrected chi connectivity index (χ2v) is 8.58. The molecule has 2 heterocycles. The lowest BCUT2D eigenvalue weighted by molar-refractivity contribution is 0.600. The normalized spacial score (nSPS) is 11.4. The Morgan fingerprint density at radius 1 is 0.931 bits per heavy atom. The Hall–Kier alpha value is -3.16. The number of benzene rings is 2. The van der Waals surface area contributed by atoms with Crippen molar-refractivity contribution in [1.82, 2.24) is 14.8 Å². The fourth-order valence-electron chi connectivity index (χ4n) is 2.81. The topological polar surface area (TPSA) is 76.9 Å². The van der Waals surface area contributed by atoms with Gasteiger partial charge in [-0.05, 0) is 55.5 Å². The van der Waals surface area contributed by atoms with E-state index < -0.39 is 10.0 Å². The minimum Gasteiger partial charge on any atom is -0.265 e. The number of hydrogen-bond donors (Lipinski definition) is 1. The highest BCUT2D eigenvalue weighted by atomic mass is 35.5. The van der Waals surface area contributed by atoms with E-state index in [9.17, 15) is 8.42 Å². The summed E-state index contributed by atoms with van der Waals surface area (Å²) in [5.74, 6) is 0.319. The summed E-state index contributed by atoms with van der Waals surface area (Å²) in [6, 6.07) is 19.0. The summed E-state index contributed by atoms with van der Waals surface area (Å²) in [6.07, 6.45) is 3.32. The maximum Gasteiger partial charge on any atom is 0.263 e. The lowest BCUT2D eigenvalue weighted by atomic mass is 10.2. The number of aromatic nitrogens is 3. The van der Waals surface area contributed by atoms with Crippen LogP contribution in [0.5, 0.6) is 0 Å². The van der Waals surface area contributed by atoms with Crippen LogP contribution in [0.3, 0.4) is 0 Å². The van der Waals surface area contributed by atoms with Crippen LogP contribution in [0, 0.1) is 6.92 Å². The van der Waals surface area contributed by atoms with Crippen molar-refractivity contribution in [2.45, 2.75) is 11.8 Å². The smallest absolute Gasteiger partial charge is 0.263 e. The Balaban J connectivity index is 1.79.